The highest BCUT2D eigenvalue weighted by Gasteiger charge is 2.25. The van der Waals surface area contributed by atoms with Gasteiger partial charge in [-0.1, -0.05) is 18.2 Å². The zero-order valence-corrected chi connectivity index (χ0v) is 16.0. The number of rotatable bonds is 9. The summed E-state index contributed by atoms with van der Waals surface area (Å²) in [5.41, 5.74) is 0.794. The molecule has 0 aliphatic carbocycles. The van der Waals surface area contributed by atoms with Gasteiger partial charge in [0, 0.05) is 45.5 Å². The van der Waals surface area contributed by atoms with Crippen molar-refractivity contribution in [2.24, 2.45) is 5.92 Å². The molecule has 26 heavy (non-hydrogen) atoms. The summed E-state index contributed by atoms with van der Waals surface area (Å²) in [6, 6.07) is 7.16. The van der Waals surface area contributed by atoms with E-state index in [1.807, 2.05) is 12.1 Å². The lowest BCUT2D eigenvalue weighted by atomic mass is 9.95. The standard InChI is InChI=1S/C21H33FN2O2/c1-25-14-12-23-10-8-18(9-11-23)15-24(17-20-6-4-13-26-20)16-19-5-2-3-7-21(19)22/h2-3,5,7,18,20H,4,6,8-17H2,1H3. The van der Waals surface area contributed by atoms with Crippen LogP contribution >= 0.6 is 0 Å². The van der Waals surface area contributed by atoms with Crippen LogP contribution in [0.5, 0.6) is 0 Å². The summed E-state index contributed by atoms with van der Waals surface area (Å²) in [7, 11) is 1.76. The van der Waals surface area contributed by atoms with Crippen LogP contribution in [0.4, 0.5) is 4.39 Å². The summed E-state index contributed by atoms with van der Waals surface area (Å²) >= 11 is 0. The monoisotopic (exact) mass is 364 g/mol. The molecular weight excluding hydrogens is 331 g/mol. The molecule has 4 nitrogen and oxygen atoms in total. The third kappa shape index (κ3) is 6.02. The fourth-order valence-electron chi connectivity index (χ4n) is 4.13. The molecule has 1 aromatic rings. The molecule has 146 valence electrons. The second kappa shape index (κ2) is 10.4. The third-order valence-electron chi connectivity index (χ3n) is 5.67. The lowest BCUT2D eigenvalue weighted by molar-refractivity contribution is 0.0548. The van der Waals surface area contributed by atoms with Gasteiger partial charge in [-0.25, -0.2) is 4.39 Å². The lowest BCUT2D eigenvalue weighted by Gasteiger charge is -2.35. The minimum atomic E-state index is -0.0979. The molecule has 1 aromatic carbocycles. The quantitative estimate of drug-likeness (QED) is 0.672. The van der Waals surface area contributed by atoms with E-state index in [2.05, 4.69) is 9.80 Å². The Morgan fingerprint density at radius 1 is 1.19 bits per heavy atom. The largest absolute Gasteiger partial charge is 0.383 e. The van der Waals surface area contributed by atoms with Crippen LogP contribution in [-0.2, 0) is 16.0 Å². The van der Waals surface area contributed by atoms with E-state index in [1.165, 1.54) is 12.8 Å². The molecule has 3 rings (SSSR count). The first-order valence-corrected chi connectivity index (χ1v) is 10.0. The second-order valence-electron chi connectivity index (χ2n) is 7.70. The summed E-state index contributed by atoms with van der Waals surface area (Å²) in [6.45, 7) is 7.61. The number of nitrogens with zero attached hydrogens (tertiary/aromatic N) is 2. The maximum Gasteiger partial charge on any atom is 0.127 e. The highest BCUT2D eigenvalue weighted by Crippen LogP contribution is 2.22. The van der Waals surface area contributed by atoms with Crippen LogP contribution in [0.15, 0.2) is 24.3 Å². The van der Waals surface area contributed by atoms with Gasteiger partial charge in [0.1, 0.15) is 5.82 Å². The van der Waals surface area contributed by atoms with E-state index in [4.69, 9.17) is 9.47 Å². The summed E-state index contributed by atoms with van der Waals surface area (Å²) < 4.78 is 25.2. The van der Waals surface area contributed by atoms with Crippen molar-refractivity contribution in [3.05, 3.63) is 35.6 Å². The Bertz CT molecular complexity index is 528. The van der Waals surface area contributed by atoms with E-state index in [0.29, 0.717) is 18.6 Å². The molecule has 0 saturated carbocycles. The molecular formula is C21H33FN2O2. The van der Waals surface area contributed by atoms with Crippen molar-refractivity contribution in [1.29, 1.82) is 0 Å². The van der Waals surface area contributed by atoms with E-state index < -0.39 is 0 Å². The van der Waals surface area contributed by atoms with Gasteiger partial charge in [-0.05, 0) is 50.8 Å². The Hall–Kier alpha value is -1.01. The van der Waals surface area contributed by atoms with Gasteiger partial charge in [0.25, 0.3) is 0 Å². The Kier molecular flexibility index (Phi) is 7.86. The third-order valence-corrected chi connectivity index (χ3v) is 5.67. The molecule has 0 amide bonds. The van der Waals surface area contributed by atoms with Gasteiger partial charge in [0.15, 0.2) is 0 Å². The first kappa shape index (κ1) is 19.7. The van der Waals surface area contributed by atoms with Gasteiger partial charge in [0.2, 0.25) is 0 Å². The molecule has 0 aromatic heterocycles. The number of ether oxygens (including phenoxy) is 2. The van der Waals surface area contributed by atoms with Crippen LogP contribution in [0.3, 0.4) is 0 Å². The number of benzene rings is 1. The van der Waals surface area contributed by atoms with Crippen molar-refractivity contribution in [3.8, 4) is 0 Å². The normalized spacial score (nSPS) is 22.3. The van der Waals surface area contributed by atoms with E-state index >= 15 is 0 Å². The Morgan fingerprint density at radius 3 is 2.69 bits per heavy atom. The Labute approximate surface area is 157 Å². The zero-order chi connectivity index (χ0) is 18.2. The number of methoxy groups -OCH3 is 1. The average Bonchev–Trinajstić information content (AvgIpc) is 3.16. The van der Waals surface area contributed by atoms with E-state index in [1.54, 1.807) is 19.2 Å². The van der Waals surface area contributed by atoms with E-state index in [0.717, 1.165) is 64.3 Å². The fraction of sp³-hybridized carbons (Fsp3) is 0.714. The van der Waals surface area contributed by atoms with Gasteiger partial charge >= 0.3 is 0 Å². The minimum absolute atomic E-state index is 0.0979. The number of likely N-dealkylation sites (tertiary alicyclic amines) is 1. The van der Waals surface area contributed by atoms with Crippen molar-refractivity contribution >= 4 is 0 Å². The predicted octanol–water partition coefficient (Wildman–Crippen LogP) is 3.17. The number of piperidine rings is 1. The fourth-order valence-corrected chi connectivity index (χ4v) is 4.13. The average molecular weight is 365 g/mol. The number of hydrogen-bond donors (Lipinski definition) is 0. The van der Waals surface area contributed by atoms with Gasteiger partial charge < -0.3 is 14.4 Å². The minimum Gasteiger partial charge on any atom is -0.383 e. The molecule has 1 unspecified atom stereocenters. The summed E-state index contributed by atoms with van der Waals surface area (Å²) in [5.74, 6) is 0.584. The van der Waals surface area contributed by atoms with E-state index in [-0.39, 0.29) is 5.82 Å². The molecule has 1 atom stereocenters. The molecule has 0 radical (unpaired) electrons. The first-order valence-electron chi connectivity index (χ1n) is 10.0. The SMILES string of the molecule is COCCN1CCC(CN(Cc2ccccc2F)CC2CCCO2)CC1. The molecule has 2 heterocycles. The van der Waals surface area contributed by atoms with Crippen molar-refractivity contribution in [1.82, 2.24) is 9.80 Å². The predicted molar refractivity (Wildman–Crippen MR) is 102 cm³/mol. The van der Waals surface area contributed by atoms with Crippen molar-refractivity contribution in [3.63, 3.8) is 0 Å². The second-order valence-corrected chi connectivity index (χ2v) is 7.70. The molecule has 5 heteroatoms. The smallest absolute Gasteiger partial charge is 0.127 e. The van der Waals surface area contributed by atoms with Crippen LogP contribution in [0.2, 0.25) is 0 Å². The van der Waals surface area contributed by atoms with Gasteiger partial charge in [-0.3, -0.25) is 4.90 Å². The molecule has 0 bridgehead atoms. The molecule has 2 aliphatic rings. The maximum absolute atomic E-state index is 14.1. The molecule has 2 saturated heterocycles. The Morgan fingerprint density at radius 2 is 2.00 bits per heavy atom. The highest BCUT2D eigenvalue weighted by molar-refractivity contribution is 5.17. The van der Waals surface area contributed by atoms with Gasteiger partial charge in [-0.2, -0.15) is 0 Å². The van der Waals surface area contributed by atoms with Crippen LogP contribution < -0.4 is 0 Å². The van der Waals surface area contributed by atoms with Crippen LogP contribution in [-0.4, -0.2) is 69.0 Å². The topological polar surface area (TPSA) is 24.9 Å². The molecule has 2 fully saturated rings. The highest BCUT2D eigenvalue weighted by atomic mass is 19.1. The van der Waals surface area contributed by atoms with Crippen molar-refractivity contribution in [2.75, 3.05) is 53.0 Å². The maximum atomic E-state index is 14.1. The lowest BCUT2D eigenvalue weighted by Crippen LogP contribution is -2.41. The van der Waals surface area contributed by atoms with Gasteiger partial charge in [-0.15, -0.1) is 0 Å². The molecule has 0 N–H and O–H groups in total. The van der Waals surface area contributed by atoms with E-state index in [9.17, 15) is 4.39 Å². The first-order chi connectivity index (χ1) is 12.7. The van der Waals surface area contributed by atoms with Crippen LogP contribution in [0.25, 0.3) is 0 Å². The summed E-state index contributed by atoms with van der Waals surface area (Å²) in [4.78, 5) is 4.91. The van der Waals surface area contributed by atoms with Crippen LogP contribution in [0.1, 0.15) is 31.2 Å². The zero-order valence-electron chi connectivity index (χ0n) is 16.0. The molecule has 2 aliphatic heterocycles. The van der Waals surface area contributed by atoms with Crippen LogP contribution in [0, 0.1) is 11.7 Å². The van der Waals surface area contributed by atoms with Crippen molar-refractivity contribution in [2.45, 2.75) is 38.3 Å². The number of halogens is 1. The molecule has 0 spiro atoms. The summed E-state index contributed by atoms with van der Waals surface area (Å²) in [6.07, 6.45) is 5.01. The number of hydrogen-bond acceptors (Lipinski definition) is 4. The Balaban J connectivity index is 1.54. The summed E-state index contributed by atoms with van der Waals surface area (Å²) in [5, 5.41) is 0. The van der Waals surface area contributed by atoms with Gasteiger partial charge in [0.05, 0.1) is 12.7 Å². The van der Waals surface area contributed by atoms with Crippen molar-refractivity contribution < 1.29 is 13.9 Å².